The zero-order valence-electron chi connectivity index (χ0n) is 33.1. The third kappa shape index (κ3) is 7.95. The second-order valence-electron chi connectivity index (χ2n) is 16.4. The van der Waals surface area contributed by atoms with Crippen LogP contribution in [0.1, 0.15) is 78.3 Å². The zero-order valence-corrected chi connectivity index (χ0v) is 34.7. The first kappa shape index (κ1) is 40.5. The number of carbonyl (C=O) groups excluding carboxylic acids is 4. The number of hydrogen-bond donors (Lipinski definition) is 2. The number of pyridine rings is 1. The average molecular weight is 816 g/mol. The summed E-state index contributed by atoms with van der Waals surface area (Å²) in [6.07, 6.45) is 8.02. The number of piperazine rings is 1. The number of anilines is 3. The van der Waals surface area contributed by atoms with Crippen molar-refractivity contribution >= 4 is 80.8 Å². The molecule has 0 spiro atoms. The van der Waals surface area contributed by atoms with E-state index in [0.717, 1.165) is 63.5 Å². The molecule has 0 bridgehead atoms. The van der Waals surface area contributed by atoms with Crippen LogP contribution in [0.5, 0.6) is 0 Å². The average Bonchev–Trinajstić information content (AvgIpc) is 3.58. The molecular weight excluding hydrogens is 766 g/mol. The quantitative estimate of drug-likeness (QED) is 0.264. The van der Waals surface area contributed by atoms with Gasteiger partial charge in [0.1, 0.15) is 11.6 Å². The number of thiocarbonyl (C=S) groups is 1. The van der Waals surface area contributed by atoms with Crippen LogP contribution in [-0.2, 0) is 21.4 Å². The molecule has 57 heavy (non-hydrogen) atoms. The number of urea groups is 1. The number of halogens is 1. The number of benzene rings is 1. The van der Waals surface area contributed by atoms with E-state index >= 15 is 0 Å². The van der Waals surface area contributed by atoms with E-state index in [1.165, 1.54) is 16.0 Å². The van der Waals surface area contributed by atoms with E-state index in [2.05, 4.69) is 49.3 Å². The Morgan fingerprint density at radius 2 is 1.84 bits per heavy atom. The van der Waals surface area contributed by atoms with Crippen molar-refractivity contribution in [2.45, 2.75) is 96.3 Å². The fraction of sp³-hybridized carbons (Fsp3) is 0.550. The lowest BCUT2D eigenvalue weighted by Gasteiger charge is -2.44. The SMILES string of the molecule is C[C@@H]1CN(CCC[C@H]2CC[C@H](N3C(=S)N(c4cnc(C#N)c(Cl)c4)C(=O)C3(C)C)CC2)C[C@H](C)N1CC(=O)Nc1cccc2c(N3CCC(=O)NC3=O)nn(C)c12. The van der Waals surface area contributed by atoms with Gasteiger partial charge in [-0.3, -0.25) is 39.1 Å². The van der Waals surface area contributed by atoms with Gasteiger partial charge in [-0.2, -0.15) is 10.4 Å². The highest BCUT2D eigenvalue weighted by Gasteiger charge is 2.52. The Morgan fingerprint density at radius 1 is 1.12 bits per heavy atom. The van der Waals surface area contributed by atoms with E-state index in [9.17, 15) is 24.4 Å². The van der Waals surface area contributed by atoms with E-state index in [-0.39, 0.29) is 66.1 Å². The standard InChI is InChI=1S/C40H50ClN11O4S/c1-24-21-48(16-7-8-26-11-13-27(14-12-26)52-39(57)51(37(55)40(52,3)4)28-18-30(41)32(19-42)43-20-28)22-25(2)50(24)23-34(54)44-31-10-6-9-29-35(31)47(5)46-36(29)49-17-15-33(53)45-38(49)56/h6,9-10,18,20,24-27H,7-8,11-17,21-23H2,1-5H3,(H,44,54)(H,45,53,56)/t24-,25+,26-,27-. The van der Waals surface area contributed by atoms with Crippen LogP contribution in [0.3, 0.4) is 0 Å². The minimum atomic E-state index is -0.805. The van der Waals surface area contributed by atoms with Crippen LogP contribution >= 0.6 is 23.8 Å². The Morgan fingerprint density at radius 3 is 2.51 bits per heavy atom. The van der Waals surface area contributed by atoms with Gasteiger partial charge in [0, 0.05) is 56.6 Å². The predicted octanol–water partition coefficient (Wildman–Crippen LogP) is 5.02. The smallest absolute Gasteiger partial charge is 0.329 e. The minimum absolute atomic E-state index is 0.111. The third-order valence-corrected chi connectivity index (χ3v) is 12.8. The number of hydrogen-bond acceptors (Lipinski definition) is 10. The first-order valence-electron chi connectivity index (χ1n) is 19.8. The summed E-state index contributed by atoms with van der Waals surface area (Å²) in [5.74, 6) is 0.531. The van der Waals surface area contributed by atoms with Crippen molar-refractivity contribution in [3.63, 3.8) is 0 Å². The summed E-state index contributed by atoms with van der Waals surface area (Å²) in [5, 5.41) is 20.6. The summed E-state index contributed by atoms with van der Waals surface area (Å²) in [5.41, 5.74) is 1.11. The van der Waals surface area contributed by atoms with Crippen LogP contribution in [0.2, 0.25) is 5.02 Å². The maximum Gasteiger partial charge on any atom is 0.329 e. The molecule has 0 radical (unpaired) electrons. The Labute approximate surface area is 343 Å². The highest BCUT2D eigenvalue weighted by molar-refractivity contribution is 7.80. The van der Waals surface area contributed by atoms with Crippen LogP contribution in [0.4, 0.5) is 22.0 Å². The number of para-hydroxylation sites is 1. The molecular formula is C40H50ClN11O4S. The van der Waals surface area contributed by atoms with Gasteiger partial charge in [-0.25, -0.2) is 9.78 Å². The number of carbonyl (C=O) groups is 4. The van der Waals surface area contributed by atoms with E-state index in [4.69, 9.17) is 23.8 Å². The third-order valence-electron chi connectivity index (χ3n) is 12.1. The molecule has 302 valence electrons. The van der Waals surface area contributed by atoms with Gasteiger partial charge in [0.25, 0.3) is 5.91 Å². The van der Waals surface area contributed by atoms with E-state index in [1.807, 2.05) is 38.1 Å². The summed E-state index contributed by atoms with van der Waals surface area (Å²) in [6.45, 7) is 11.5. The van der Waals surface area contributed by atoms with Gasteiger partial charge in [0.15, 0.2) is 16.6 Å². The van der Waals surface area contributed by atoms with Crippen molar-refractivity contribution in [3.05, 3.63) is 41.2 Å². The molecule has 15 nitrogen and oxygen atoms in total. The van der Waals surface area contributed by atoms with Crippen LogP contribution in [0, 0.1) is 17.2 Å². The summed E-state index contributed by atoms with van der Waals surface area (Å²) in [7, 11) is 1.78. The number of aromatic nitrogens is 3. The lowest BCUT2D eigenvalue weighted by molar-refractivity contribution is -0.124. The minimum Gasteiger partial charge on any atom is -0.331 e. The van der Waals surface area contributed by atoms with Gasteiger partial charge < -0.3 is 15.1 Å². The molecule has 7 rings (SSSR count). The molecule has 17 heteroatoms. The van der Waals surface area contributed by atoms with Crippen molar-refractivity contribution in [1.82, 2.24) is 34.8 Å². The van der Waals surface area contributed by atoms with Gasteiger partial charge in [-0.05, 0) is 109 Å². The van der Waals surface area contributed by atoms with Crippen LogP contribution in [0.25, 0.3) is 10.9 Å². The summed E-state index contributed by atoms with van der Waals surface area (Å²) in [6, 6.07) is 9.13. The van der Waals surface area contributed by atoms with E-state index in [1.54, 1.807) is 17.8 Å². The number of fused-ring (bicyclic) bond motifs is 1. The van der Waals surface area contributed by atoms with Crippen LogP contribution in [-0.4, -0.2) is 115 Å². The van der Waals surface area contributed by atoms with Crippen molar-refractivity contribution < 1.29 is 19.2 Å². The number of nitrogens with one attached hydrogen (secondary N) is 2. The molecule has 2 atom stereocenters. The monoisotopic (exact) mass is 815 g/mol. The lowest BCUT2D eigenvalue weighted by atomic mass is 9.82. The van der Waals surface area contributed by atoms with Gasteiger partial charge in [-0.15, -0.1) is 0 Å². The first-order chi connectivity index (χ1) is 27.2. The normalized spacial score (nSPS) is 24.6. The largest absolute Gasteiger partial charge is 0.331 e. The van der Waals surface area contributed by atoms with Gasteiger partial charge in [-0.1, -0.05) is 17.7 Å². The molecule has 0 unspecified atom stereocenters. The Hall–Kier alpha value is -4.69. The number of nitrogens with zero attached hydrogens (tertiary/aromatic N) is 9. The fourth-order valence-electron chi connectivity index (χ4n) is 9.28. The summed E-state index contributed by atoms with van der Waals surface area (Å²) in [4.78, 5) is 65.4. The van der Waals surface area contributed by atoms with E-state index < -0.39 is 11.6 Å². The molecule has 1 saturated carbocycles. The van der Waals surface area contributed by atoms with Crippen molar-refractivity contribution in [2.75, 3.05) is 47.8 Å². The number of amides is 5. The van der Waals surface area contributed by atoms with Gasteiger partial charge in [0.2, 0.25) is 11.8 Å². The second kappa shape index (κ2) is 16.3. The lowest BCUT2D eigenvalue weighted by Crippen LogP contribution is -2.58. The topological polar surface area (TPSA) is 163 Å². The van der Waals surface area contributed by atoms with Gasteiger partial charge >= 0.3 is 6.03 Å². The molecule has 2 aromatic heterocycles. The van der Waals surface area contributed by atoms with Crippen molar-refractivity contribution in [2.24, 2.45) is 13.0 Å². The summed E-state index contributed by atoms with van der Waals surface area (Å²) >= 11 is 12.2. The maximum absolute atomic E-state index is 13.6. The zero-order chi connectivity index (χ0) is 40.8. The number of rotatable bonds is 10. The molecule has 3 aromatic rings. The second-order valence-corrected chi connectivity index (χ2v) is 17.2. The molecule has 2 N–H and O–H groups in total. The Balaban J connectivity index is 0.876. The number of aryl methyl sites for hydroxylation is 1. The maximum atomic E-state index is 13.6. The molecule has 5 amide bonds. The number of nitriles is 1. The first-order valence-corrected chi connectivity index (χ1v) is 20.5. The Bertz CT molecular complexity index is 2130. The summed E-state index contributed by atoms with van der Waals surface area (Å²) < 4.78 is 1.66. The van der Waals surface area contributed by atoms with Crippen molar-refractivity contribution in [3.8, 4) is 6.07 Å². The predicted molar refractivity (Wildman–Crippen MR) is 222 cm³/mol. The van der Waals surface area contributed by atoms with Crippen LogP contribution < -0.4 is 20.4 Å². The molecule has 4 aliphatic rings. The molecule has 5 heterocycles. The van der Waals surface area contributed by atoms with Gasteiger partial charge in [0.05, 0.1) is 34.7 Å². The number of imide groups is 1. The molecule has 1 aromatic carbocycles. The highest BCUT2D eigenvalue weighted by atomic mass is 35.5. The molecule has 1 aliphatic carbocycles. The Kier molecular flexibility index (Phi) is 11.6. The van der Waals surface area contributed by atoms with Crippen molar-refractivity contribution in [1.29, 1.82) is 5.26 Å². The molecule has 4 fully saturated rings. The van der Waals surface area contributed by atoms with E-state index in [0.29, 0.717) is 33.7 Å². The van der Waals surface area contributed by atoms with Crippen LogP contribution in [0.15, 0.2) is 30.5 Å². The fourth-order valence-corrected chi connectivity index (χ4v) is 10.0. The molecule has 3 aliphatic heterocycles. The molecule has 3 saturated heterocycles. The highest BCUT2D eigenvalue weighted by Crippen LogP contribution is 2.40.